The van der Waals surface area contributed by atoms with Crippen molar-refractivity contribution in [2.24, 2.45) is 0 Å². The van der Waals surface area contributed by atoms with Crippen molar-refractivity contribution in [3.8, 4) is 11.1 Å². The molecule has 0 heterocycles. The van der Waals surface area contributed by atoms with Crippen LogP contribution in [0.25, 0.3) is 11.1 Å². The topological polar surface area (TPSA) is 0 Å². The van der Waals surface area contributed by atoms with Crippen LogP contribution in [0.2, 0.25) is 0 Å². The van der Waals surface area contributed by atoms with Gasteiger partial charge in [0.2, 0.25) is 0 Å². The van der Waals surface area contributed by atoms with Crippen LogP contribution in [0.3, 0.4) is 0 Å². The Bertz CT molecular complexity index is 578. The lowest BCUT2D eigenvalue weighted by molar-refractivity contribution is 0.667. The van der Waals surface area contributed by atoms with Gasteiger partial charge >= 0.3 is 0 Å². The second kappa shape index (κ2) is 9.99. The molecule has 0 aliphatic rings. The third kappa shape index (κ3) is 6.02. The van der Waals surface area contributed by atoms with E-state index < -0.39 is 0 Å². The first-order chi connectivity index (χ1) is 11.3. The highest BCUT2D eigenvalue weighted by molar-refractivity contribution is 5.63. The van der Waals surface area contributed by atoms with E-state index in [2.05, 4.69) is 55.5 Å². The molecule has 0 aromatic heterocycles. The van der Waals surface area contributed by atoms with Gasteiger partial charge in [0, 0.05) is 0 Å². The monoisotopic (exact) mass is 310 g/mol. The van der Waals surface area contributed by atoms with Crippen molar-refractivity contribution in [1.29, 1.82) is 0 Å². The molecule has 122 valence electrons. The van der Waals surface area contributed by atoms with Gasteiger partial charge in [0.05, 0.1) is 6.33 Å². The second-order valence-electron chi connectivity index (χ2n) is 6.10. The zero-order valence-corrected chi connectivity index (χ0v) is 14.1. The Hall–Kier alpha value is -1.89. The Morgan fingerprint density at radius 1 is 0.739 bits per heavy atom. The summed E-state index contributed by atoms with van der Waals surface area (Å²) in [4.78, 5) is 0. The van der Waals surface area contributed by atoms with Crippen LogP contribution >= 0.6 is 0 Å². The minimum Gasteiger partial charge on any atom is -0.216 e. The largest absolute Gasteiger partial charge is 0.216 e. The predicted molar refractivity (Wildman–Crippen MR) is 98.3 cm³/mol. The summed E-state index contributed by atoms with van der Waals surface area (Å²) in [6.07, 6.45) is 10.3. The van der Waals surface area contributed by atoms with E-state index in [1.807, 2.05) is 0 Å². The molecular weight excluding hydrogens is 283 g/mol. The fourth-order valence-electron chi connectivity index (χ4n) is 2.80. The highest BCUT2D eigenvalue weighted by Crippen LogP contribution is 2.21. The Kier molecular flexibility index (Phi) is 7.59. The molecule has 0 saturated carbocycles. The highest BCUT2D eigenvalue weighted by atomic mass is 19.1. The maximum absolute atomic E-state index is 11.9. The third-order valence-corrected chi connectivity index (χ3v) is 4.25. The summed E-state index contributed by atoms with van der Waals surface area (Å²) in [5, 5.41) is 0. The summed E-state index contributed by atoms with van der Waals surface area (Å²) >= 11 is 0. The van der Waals surface area contributed by atoms with Gasteiger partial charge < -0.3 is 0 Å². The maximum Gasteiger partial charge on any atom is 0.0827 e. The van der Waals surface area contributed by atoms with Gasteiger partial charge in [0.25, 0.3) is 0 Å². The zero-order valence-electron chi connectivity index (χ0n) is 14.1. The van der Waals surface area contributed by atoms with Crippen molar-refractivity contribution in [3.05, 3.63) is 72.1 Å². The van der Waals surface area contributed by atoms with E-state index in [-0.39, 0.29) is 0 Å². The van der Waals surface area contributed by atoms with Gasteiger partial charge in [-0.15, -0.1) is 0 Å². The minimum absolute atomic E-state index is 0.623. The van der Waals surface area contributed by atoms with Crippen LogP contribution in [0.5, 0.6) is 0 Å². The van der Waals surface area contributed by atoms with Gasteiger partial charge in [-0.25, -0.2) is 4.39 Å². The van der Waals surface area contributed by atoms with E-state index in [0.717, 1.165) is 12.8 Å². The van der Waals surface area contributed by atoms with Crippen LogP contribution in [0.15, 0.2) is 60.9 Å². The molecule has 0 aliphatic heterocycles. The molecular formula is C22H27F. The molecule has 0 spiro atoms. The smallest absolute Gasteiger partial charge is 0.0827 e. The molecule has 2 aromatic carbocycles. The molecule has 1 heteroatoms. The van der Waals surface area contributed by atoms with E-state index in [1.54, 1.807) is 6.08 Å². The fourth-order valence-corrected chi connectivity index (χ4v) is 2.80. The summed E-state index contributed by atoms with van der Waals surface area (Å²) < 4.78 is 11.9. The number of hydrogen-bond acceptors (Lipinski definition) is 0. The number of hydrogen-bond donors (Lipinski definition) is 0. The number of allylic oxidation sites excluding steroid dienone is 1. The third-order valence-electron chi connectivity index (χ3n) is 4.25. The molecule has 2 aromatic rings. The lowest BCUT2D eigenvalue weighted by atomic mass is 9.99. The highest BCUT2D eigenvalue weighted by Gasteiger charge is 1.99. The van der Waals surface area contributed by atoms with E-state index >= 15 is 0 Å². The molecule has 0 fully saturated rings. The van der Waals surface area contributed by atoms with Gasteiger partial charge in [-0.2, -0.15) is 0 Å². The molecule has 0 saturated heterocycles. The molecule has 0 atom stereocenters. The van der Waals surface area contributed by atoms with Gasteiger partial charge in [0.15, 0.2) is 0 Å². The molecule has 0 amide bonds. The number of aryl methyl sites for hydroxylation is 2. The first-order valence-electron chi connectivity index (χ1n) is 8.77. The van der Waals surface area contributed by atoms with E-state index in [4.69, 9.17) is 0 Å². The van der Waals surface area contributed by atoms with Crippen molar-refractivity contribution in [2.75, 3.05) is 0 Å². The molecule has 2 rings (SSSR count). The molecule has 0 bridgehead atoms. The first-order valence-corrected chi connectivity index (χ1v) is 8.77. The SMILES string of the molecule is CCCCCCc1ccc(-c2ccc(CC/C=C/F)cc2)cc1. The summed E-state index contributed by atoms with van der Waals surface area (Å²) in [6.45, 7) is 2.25. The summed E-state index contributed by atoms with van der Waals surface area (Å²) in [6, 6.07) is 17.5. The van der Waals surface area contributed by atoms with Crippen molar-refractivity contribution >= 4 is 0 Å². The Balaban J connectivity index is 1.91. The zero-order chi connectivity index (χ0) is 16.3. The first kappa shape index (κ1) is 17.5. The predicted octanol–water partition coefficient (Wildman–Crippen LogP) is 6.89. The summed E-state index contributed by atoms with van der Waals surface area (Å²) in [7, 11) is 0. The van der Waals surface area contributed by atoms with Crippen molar-refractivity contribution in [3.63, 3.8) is 0 Å². The lowest BCUT2D eigenvalue weighted by Crippen LogP contribution is -1.87. The number of halogens is 1. The molecule has 0 radical (unpaired) electrons. The normalized spacial score (nSPS) is 11.2. The Morgan fingerprint density at radius 2 is 1.30 bits per heavy atom. The van der Waals surface area contributed by atoms with E-state index in [9.17, 15) is 4.39 Å². The van der Waals surface area contributed by atoms with Crippen LogP contribution in [0.4, 0.5) is 4.39 Å². The van der Waals surface area contributed by atoms with Crippen molar-refractivity contribution in [2.45, 2.75) is 51.9 Å². The second-order valence-corrected chi connectivity index (χ2v) is 6.10. The number of rotatable bonds is 9. The maximum atomic E-state index is 11.9. The van der Waals surface area contributed by atoms with Crippen LogP contribution in [-0.4, -0.2) is 0 Å². The molecule has 0 aliphatic carbocycles. The average Bonchev–Trinajstić information content (AvgIpc) is 2.60. The van der Waals surface area contributed by atoms with Gasteiger partial charge in [-0.05, 0) is 47.9 Å². The Labute approximate surface area is 140 Å². The van der Waals surface area contributed by atoms with Crippen molar-refractivity contribution in [1.82, 2.24) is 0 Å². The van der Waals surface area contributed by atoms with Crippen molar-refractivity contribution < 1.29 is 4.39 Å². The van der Waals surface area contributed by atoms with Crippen LogP contribution in [0.1, 0.15) is 50.2 Å². The van der Waals surface area contributed by atoms with Crippen LogP contribution in [-0.2, 0) is 12.8 Å². The molecule has 0 nitrogen and oxygen atoms in total. The molecule has 23 heavy (non-hydrogen) atoms. The van der Waals surface area contributed by atoms with Crippen LogP contribution in [0, 0.1) is 0 Å². The number of unbranched alkanes of at least 4 members (excludes halogenated alkanes) is 3. The van der Waals surface area contributed by atoms with Crippen LogP contribution < -0.4 is 0 Å². The molecule has 0 unspecified atom stereocenters. The minimum atomic E-state index is 0.623. The summed E-state index contributed by atoms with van der Waals surface area (Å²) in [5.41, 5.74) is 5.18. The number of benzene rings is 2. The van der Waals surface area contributed by atoms with E-state index in [1.165, 1.54) is 54.4 Å². The quantitative estimate of drug-likeness (QED) is 0.442. The van der Waals surface area contributed by atoms with Gasteiger partial charge in [0.1, 0.15) is 0 Å². The fraction of sp³-hybridized carbons (Fsp3) is 0.364. The van der Waals surface area contributed by atoms with Gasteiger partial charge in [-0.3, -0.25) is 0 Å². The average molecular weight is 310 g/mol. The molecule has 0 N–H and O–H groups in total. The summed E-state index contributed by atoms with van der Waals surface area (Å²) in [5.74, 6) is 0. The lowest BCUT2D eigenvalue weighted by Gasteiger charge is -2.06. The Morgan fingerprint density at radius 3 is 1.83 bits per heavy atom. The van der Waals surface area contributed by atoms with E-state index in [0.29, 0.717) is 6.33 Å². The standard InChI is InChI=1S/C22H27F/c1-2-3-4-5-8-19-10-14-21(15-11-19)22-16-12-20(13-17-22)9-6-7-18-23/h7,10-18H,2-6,8-9H2,1H3/b18-7+. The van der Waals surface area contributed by atoms with Gasteiger partial charge in [-0.1, -0.05) is 80.8 Å².